The van der Waals surface area contributed by atoms with Crippen LogP contribution in [-0.2, 0) is 4.79 Å². The third-order valence-electron chi connectivity index (χ3n) is 3.81. The summed E-state index contributed by atoms with van der Waals surface area (Å²) in [6.45, 7) is 4.03. The van der Waals surface area contributed by atoms with Crippen molar-refractivity contribution in [1.82, 2.24) is 0 Å². The number of esters is 1. The van der Waals surface area contributed by atoms with Gasteiger partial charge in [-0.25, -0.2) is 4.79 Å². The second-order valence-electron chi connectivity index (χ2n) is 5.07. The predicted octanol–water partition coefficient (Wildman–Crippen LogP) is 3.00. The van der Waals surface area contributed by atoms with E-state index in [4.69, 9.17) is 4.74 Å². The van der Waals surface area contributed by atoms with Crippen LogP contribution in [0.5, 0.6) is 5.75 Å². The number of carbonyl (C=O) groups is 2. The first-order valence-electron chi connectivity index (χ1n) is 6.20. The number of fused-ring (bicyclic) bond motifs is 1. The van der Waals surface area contributed by atoms with Crippen molar-refractivity contribution in [3.63, 3.8) is 0 Å². The Hall–Kier alpha value is -1.55. The number of hydrogen-bond donors (Lipinski definition) is 0. The molecule has 0 N–H and O–H groups in total. The number of rotatable bonds is 0. The van der Waals surface area contributed by atoms with Gasteiger partial charge in [0.1, 0.15) is 5.75 Å². The van der Waals surface area contributed by atoms with Crippen molar-refractivity contribution in [2.24, 2.45) is 0 Å². The summed E-state index contributed by atoms with van der Waals surface area (Å²) < 4.78 is 4.30. The molecule has 3 nitrogen and oxygen atoms in total. The summed E-state index contributed by atoms with van der Waals surface area (Å²) in [5.41, 5.74) is 2.88. The smallest absolute Gasteiger partial charge is 0.336 e. The van der Waals surface area contributed by atoms with Crippen molar-refractivity contribution in [3.05, 3.63) is 41.0 Å². The van der Waals surface area contributed by atoms with Crippen molar-refractivity contribution in [3.8, 4) is 5.75 Å². The van der Waals surface area contributed by atoms with Gasteiger partial charge in [0.05, 0.1) is 5.56 Å². The quantitative estimate of drug-likeness (QED) is 0.316. The van der Waals surface area contributed by atoms with Crippen molar-refractivity contribution in [1.29, 1.82) is 0 Å². The SMILES string of the molecule is CC1=C(C)CC2(SC1)C(=O)Oc1ccccc1C2=O. The minimum absolute atomic E-state index is 0.115. The monoisotopic (exact) mass is 274 g/mol. The standard InChI is InChI=1S/C15H14O3S/c1-9-7-15(19-8-10(9)2)13(16)11-5-3-4-6-12(11)18-14(15)17/h3-6H,7-8H2,1-2H3. The number of thioether (sulfide) groups is 1. The van der Waals surface area contributed by atoms with Gasteiger partial charge >= 0.3 is 5.97 Å². The molecule has 1 aromatic carbocycles. The normalized spacial score (nSPS) is 26.4. The van der Waals surface area contributed by atoms with E-state index in [-0.39, 0.29) is 5.78 Å². The fraction of sp³-hybridized carbons (Fsp3) is 0.333. The van der Waals surface area contributed by atoms with Gasteiger partial charge in [0.2, 0.25) is 0 Å². The van der Waals surface area contributed by atoms with Crippen LogP contribution in [0.15, 0.2) is 35.4 Å². The molecular weight excluding hydrogens is 260 g/mol. The lowest BCUT2D eigenvalue weighted by atomic mass is 9.87. The van der Waals surface area contributed by atoms with E-state index < -0.39 is 10.7 Å². The zero-order valence-electron chi connectivity index (χ0n) is 10.9. The number of benzene rings is 1. The fourth-order valence-corrected chi connectivity index (χ4v) is 3.87. The molecule has 3 rings (SSSR count). The Morgan fingerprint density at radius 2 is 1.89 bits per heavy atom. The first kappa shape index (κ1) is 12.5. The third-order valence-corrected chi connectivity index (χ3v) is 5.38. The van der Waals surface area contributed by atoms with Gasteiger partial charge in [0, 0.05) is 12.2 Å². The molecule has 0 fully saturated rings. The highest BCUT2D eigenvalue weighted by Gasteiger charge is 2.53. The molecule has 4 heteroatoms. The van der Waals surface area contributed by atoms with Gasteiger partial charge in [-0.05, 0) is 26.0 Å². The maximum absolute atomic E-state index is 12.7. The summed E-state index contributed by atoms with van der Waals surface area (Å²) in [5.74, 6) is 0.548. The van der Waals surface area contributed by atoms with E-state index in [2.05, 4.69) is 0 Å². The first-order chi connectivity index (χ1) is 9.04. The number of carbonyl (C=O) groups excluding carboxylic acids is 2. The van der Waals surface area contributed by atoms with E-state index in [1.54, 1.807) is 24.3 Å². The van der Waals surface area contributed by atoms with Gasteiger partial charge in [0.15, 0.2) is 10.5 Å². The highest BCUT2D eigenvalue weighted by molar-refractivity contribution is 8.02. The van der Waals surface area contributed by atoms with Crippen LogP contribution in [0.1, 0.15) is 30.6 Å². The van der Waals surface area contributed by atoms with Gasteiger partial charge in [-0.3, -0.25) is 4.79 Å². The van der Waals surface area contributed by atoms with Crippen molar-refractivity contribution < 1.29 is 14.3 Å². The number of Topliss-reactive ketones (excluding diaryl/α,β-unsaturated/α-hetero) is 1. The average molecular weight is 274 g/mol. The lowest BCUT2D eigenvalue weighted by molar-refractivity contribution is -0.136. The summed E-state index contributed by atoms with van der Waals surface area (Å²) in [6.07, 6.45) is 0.454. The molecule has 1 spiro atoms. The largest absolute Gasteiger partial charge is 0.424 e. The van der Waals surface area contributed by atoms with Gasteiger partial charge in [-0.1, -0.05) is 23.3 Å². The van der Waals surface area contributed by atoms with Crippen LogP contribution in [-0.4, -0.2) is 22.3 Å². The summed E-state index contributed by atoms with van der Waals surface area (Å²) in [7, 11) is 0. The summed E-state index contributed by atoms with van der Waals surface area (Å²) in [5, 5.41) is 0. The molecule has 0 saturated carbocycles. The van der Waals surface area contributed by atoms with Gasteiger partial charge in [-0.15, -0.1) is 11.8 Å². The molecule has 2 aliphatic rings. The maximum atomic E-state index is 12.7. The van der Waals surface area contributed by atoms with Gasteiger partial charge in [-0.2, -0.15) is 0 Å². The molecule has 98 valence electrons. The second-order valence-corrected chi connectivity index (χ2v) is 6.34. The lowest BCUT2D eigenvalue weighted by Gasteiger charge is -2.37. The number of ether oxygens (including phenoxy) is 1. The van der Waals surface area contributed by atoms with Crippen LogP contribution in [0.25, 0.3) is 0 Å². The number of ketones is 1. The van der Waals surface area contributed by atoms with Crippen molar-refractivity contribution >= 4 is 23.5 Å². The van der Waals surface area contributed by atoms with E-state index in [0.717, 1.165) is 5.57 Å². The van der Waals surface area contributed by atoms with E-state index in [1.807, 2.05) is 13.8 Å². The first-order valence-corrected chi connectivity index (χ1v) is 7.18. The van der Waals surface area contributed by atoms with Crippen LogP contribution in [0.4, 0.5) is 0 Å². The van der Waals surface area contributed by atoms with Crippen LogP contribution in [0.3, 0.4) is 0 Å². The lowest BCUT2D eigenvalue weighted by Crippen LogP contribution is -2.51. The molecule has 0 bridgehead atoms. The van der Waals surface area contributed by atoms with Crippen LogP contribution < -0.4 is 4.74 Å². The Morgan fingerprint density at radius 3 is 2.63 bits per heavy atom. The minimum atomic E-state index is -1.07. The van der Waals surface area contributed by atoms with E-state index in [1.165, 1.54) is 17.3 Å². The average Bonchev–Trinajstić information content (AvgIpc) is 2.41. The number of allylic oxidation sites excluding steroid dienone is 1. The topological polar surface area (TPSA) is 43.4 Å². The van der Waals surface area contributed by atoms with Crippen LogP contribution in [0.2, 0.25) is 0 Å². The highest BCUT2D eigenvalue weighted by Crippen LogP contribution is 2.46. The maximum Gasteiger partial charge on any atom is 0.336 e. The number of hydrogen-bond acceptors (Lipinski definition) is 4. The predicted molar refractivity (Wildman–Crippen MR) is 74.6 cm³/mol. The minimum Gasteiger partial charge on any atom is -0.424 e. The molecule has 19 heavy (non-hydrogen) atoms. The summed E-state index contributed by atoms with van der Waals surface area (Å²) >= 11 is 1.40. The molecule has 1 unspecified atom stereocenters. The number of para-hydroxylation sites is 1. The van der Waals surface area contributed by atoms with E-state index >= 15 is 0 Å². The third kappa shape index (κ3) is 1.74. The molecule has 0 radical (unpaired) electrons. The molecule has 0 amide bonds. The Balaban J connectivity index is 2.10. The molecule has 2 heterocycles. The van der Waals surface area contributed by atoms with Crippen LogP contribution in [0, 0.1) is 0 Å². The molecule has 1 aromatic rings. The zero-order valence-corrected chi connectivity index (χ0v) is 11.7. The Morgan fingerprint density at radius 1 is 1.16 bits per heavy atom. The van der Waals surface area contributed by atoms with Crippen LogP contribution >= 0.6 is 11.8 Å². The molecular formula is C15H14O3S. The summed E-state index contributed by atoms with van der Waals surface area (Å²) in [6, 6.07) is 6.96. The molecule has 2 aliphatic heterocycles. The molecule has 0 aliphatic carbocycles. The Labute approximate surface area is 116 Å². The summed E-state index contributed by atoms with van der Waals surface area (Å²) in [4.78, 5) is 25.0. The van der Waals surface area contributed by atoms with E-state index in [0.29, 0.717) is 23.5 Å². The van der Waals surface area contributed by atoms with Gasteiger partial charge < -0.3 is 4.74 Å². The van der Waals surface area contributed by atoms with Gasteiger partial charge in [0.25, 0.3) is 0 Å². The van der Waals surface area contributed by atoms with E-state index in [9.17, 15) is 9.59 Å². The Kier molecular flexibility index (Phi) is 2.78. The highest BCUT2D eigenvalue weighted by atomic mass is 32.2. The van der Waals surface area contributed by atoms with Crippen molar-refractivity contribution in [2.45, 2.75) is 25.0 Å². The molecule has 0 saturated heterocycles. The molecule has 1 atom stereocenters. The zero-order chi connectivity index (χ0) is 13.6. The molecule has 0 aromatic heterocycles. The van der Waals surface area contributed by atoms with Crippen molar-refractivity contribution in [2.75, 3.05) is 5.75 Å². The fourth-order valence-electron chi connectivity index (χ4n) is 2.44. The second kappa shape index (κ2) is 4.23. The Bertz CT molecular complexity index is 618.